The van der Waals surface area contributed by atoms with Crippen LogP contribution in [-0.2, 0) is 19.6 Å². The van der Waals surface area contributed by atoms with Crippen molar-refractivity contribution in [3.63, 3.8) is 0 Å². The smallest absolute Gasteiger partial charge is 0.243 e. The molecular formula is C19H22FN3O4S. The van der Waals surface area contributed by atoms with Gasteiger partial charge in [-0.2, -0.15) is 0 Å². The second-order valence-corrected chi connectivity index (χ2v) is 8.11. The van der Waals surface area contributed by atoms with Crippen molar-refractivity contribution in [3.8, 4) is 0 Å². The first-order chi connectivity index (χ1) is 13.1. The van der Waals surface area contributed by atoms with Crippen LogP contribution < -0.4 is 10.0 Å². The van der Waals surface area contributed by atoms with Crippen molar-refractivity contribution in [2.45, 2.75) is 18.7 Å². The molecule has 0 aliphatic rings. The van der Waals surface area contributed by atoms with E-state index in [9.17, 15) is 22.4 Å². The molecule has 0 aromatic heterocycles. The van der Waals surface area contributed by atoms with Crippen LogP contribution in [0.2, 0.25) is 0 Å². The summed E-state index contributed by atoms with van der Waals surface area (Å²) in [6.45, 7) is 2.89. The van der Waals surface area contributed by atoms with E-state index in [-0.39, 0.29) is 6.54 Å². The number of carbonyl (C=O) groups is 2. The number of nitrogens with zero attached hydrogens (tertiary/aromatic N) is 1. The van der Waals surface area contributed by atoms with Gasteiger partial charge in [-0.1, -0.05) is 24.3 Å². The van der Waals surface area contributed by atoms with Gasteiger partial charge in [0.1, 0.15) is 10.7 Å². The number of amides is 2. The fourth-order valence-electron chi connectivity index (χ4n) is 2.40. The molecule has 0 radical (unpaired) electrons. The van der Waals surface area contributed by atoms with Crippen LogP contribution in [0, 0.1) is 19.7 Å². The lowest BCUT2D eigenvalue weighted by molar-refractivity contribution is -0.132. The quantitative estimate of drug-likeness (QED) is 0.732. The van der Waals surface area contributed by atoms with Gasteiger partial charge in [-0.25, -0.2) is 17.5 Å². The Kier molecular flexibility index (Phi) is 6.87. The van der Waals surface area contributed by atoms with Crippen molar-refractivity contribution >= 4 is 27.5 Å². The molecule has 9 heteroatoms. The van der Waals surface area contributed by atoms with Crippen molar-refractivity contribution in [2.24, 2.45) is 0 Å². The number of rotatable bonds is 7. The predicted octanol–water partition coefficient (Wildman–Crippen LogP) is 1.82. The molecule has 7 nitrogen and oxygen atoms in total. The average Bonchev–Trinajstić information content (AvgIpc) is 2.63. The van der Waals surface area contributed by atoms with Crippen molar-refractivity contribution in [1.29, 1.82) is 0 Å². The van der Waals surface area contributed by atoms with Gasteiger partial charge in [0, 0.05) is 12.7 Å². The standard InChI is InChI=1S/C19H22FN3O4S/c1-13-8-9-14(2)16(10-13)22-18(24)12-23(3)19(25)11-21-28(26,27)17-7-5-4-6-15(17)20/h4-10,21H,11-12H2,1-3H3,(H,22,24). The normalized spacial score (nSPS) is 11.1. The second-order valence-electron chi connectivity index (χ2n) is 6.37. The third kappa shape index (κ3) is 5.61. The largest absolute Gasteiger partial charge is 0.335 e. The Hall–Kier alpha value is -2.78. The number of likely N-dealkylation sites (N-methyl/N-ethyl adjacent to an activating group) is 1. The molecular weight excluding hydrogens is 385 g/mol. The maximum absolute atomic E-state index is 13.6. The Morgan fingerprint density at radius 3 is 2.46 bits per heavy atom. The van der Waals surface area contributed by atoms with Gasteiger partial charge in [-0.15, -0.1) is 0 Å². The van der Waals surface area contributed by atoms with Crippen LogP contribution in [0.1, 0.15) is 11.1 Å². The van der Waals surface area contributed by atoms with Gasteiger partial charge >= 0.3 is 0 Å². The van der Waals surface area contributed by atoms with Gasteiger partial charge in [-0.05, 0) is 43.2 Å². The first-order valence-corrected chi connectivity index (χ1v) is 9.94. The third-order valence-corrected chi connectivity index (χ3v) is 5.45. The van der Waals surface area contributed by atoms with Crippen LogP contribution in [0.3, 0.4) is 0 Å². The lowest BCUT2D eigenvalue weighted by Gasteiger charge is -2.18. The highest BCUT2D eigenvalue weighted by Crippen LogP contribution is 2.16. The molecule has 0 saturated heterocycles. The van der Waals surface area contributed by atoms with E-state index in [2.05, 4.69) is 5.32 Å². The summed E-state index contributed by atoms with van der Waals surface area (Å²) in [6, 6.07) is 10.5. The minimum absolute atomic E-state index is 0.256. The van der Waals surface area contributed by atoms with E-state index < -0.39 is 39.1 Å². The van der Waals surface area contributed by atoms with Crippen LogP contribution in [-0.4, -0.2) is 45.3 Å². The zero-order valence-corrected chi connectivity index (χ0v) is 16.6. The van der Waals surface area contributed by atoms with Crippen LogP contribution in [0.4, 0.5) is 10.1 Å². The molecule has 2 aromatic rings. The van der Waals surface area contributed by atoms with Crippen LogP contribution in [0.25, 0.3) is 0 Å². The van der Waals surface area contributed by atoms with Crippen molar-refractivity contribution in [3.05, 3.63) is 59.4 Å². The molecule has 0 aliphatic heterocycles. The Morgan fingerprint density at radius 1 is 1.11 bits per heavy atom. The van der Waals surface area contributed by atoms with Gasteiger partial charge in [0.25, 0.3) is 0 Å². The molecule has 28 heavy (non-hydrogen) atoms. The Labute approximate surface area is 163 Å². The van der Waals surface area contributed by atoms with E-state index in [0.717, 1.165) is 28.2 Å². The summed E-state index contributed by atoms with van der Waals surface area (Å²) >= 11 is 0. The fourth-order valence-corrected chi connectivity index (χ4v) is 3.45. The number of hydrogen-bond donors (Lipinski definition) is 2. The fraction of sp³-hybridized carbons (Fsp3) is 0.263. The molecule has 0 aliphatic carbocycles. The molecule has 0 spiro atoms. The van der Waals surface area contributed by atoms with E-state index >= 15 is 0 Å². The molecule has 2 rings (SSSR count). The molecule has 2 aromatic carbocycles. The van der Waals surface area contributed by atoms with Gasteiger partial charge in [0.15, 0.2) is 0 Å². The van der Waals surface area contributed by atoms with Gasteiger partial charge in [0.2, 0.25) is 21.8 Å². The van der Waals surface area contributed by atoms with E-state index in [1.165, 1.54) is 19.2 Å². The third-order valence-electron chi connectivity index (χ3n) is 4.01. The van der Waals surface area contributed by atoms with Crippen LogP contribution in [0.5, 0.6) is 0 Å². The molecule has 150 valence electrons. The molecule has 0 atom stereocenters. The highest BCUT2D eigenvalue weighted by molar-refractivity contribution is 7.89. The number of benzene rings is 2. The molecule has 2 N–H and O–H groups in total. The van der Waals surface area contributed by atoms with Crippen molar-refractivity contribution < 1.29 is 22.4 Å². The highest BCUT2D eigenvalue weighted by atomic mass is 32.2. The van der Waals surface area contributed by atoms with E-state index in [0.29, 0.717) is 5.69 Å². The predicted molar refractivity (Wildman–Crippen MR) is 104 cm³/mol. The van der Waals surface area contributed by atoms with E-state index in [1.54, 1.807) is 0 Å². The summed E-state index contributed by atoms with van der Waals surface area (Å²) in [5.74, 6) is -1.96. The minimum Gasteiger partial charge on any atom is -0.335 e. The molecule has 0 saturated carbocycles. The number of sulfonamides is 1. The summed E-state index contributed by atoms with van der Waals surface area (Å²) in [6.07, 6.45) is 0. The second kappa shape index (κ2) is 8.94. The minimum atomic E-state index is -4.18. The zero-order valence-electron chi connectivity index (χ0n) is 15.8. The number of carbonyl (C=O) groups excluding carboxylic acids is 2. The van der Waals surface area contributed by atoms with Crippen molar-refractivity contribution in [1.82, 2.24) is 9.62 Å². The first kappa shape index (κ1) is 21.5. The zero-order chi connectivity index (χ0) is 20.9. The van der Waals surface area contributed by atoms with E-state index in [4.69, 9.17) is 0 Å². The summed E-state index contributed by atoms with van der Waals surface area (Å²) in [7, 11) is -2.80. The van der Waals surface area contributed by atoms with E-state index in [1.807, 2.05) is 36.8 Å². The topological polar surface area (TPSA) is 95.6 Å². The number of hydrogen-bond acceptors (Lipinski definition) is 4. The maximum atomic E-state index is 13.6. The summed E-state index contributed by atoms with van der Waals surface area (Å²) in [4.78, 5) is 24.8. The van der Waals surface area contributed by atoms with Gasteiger partial charge in [0.05, 0.1) is 13.1 Å². The molecule has 0 heterocycles. The average molecular weight is 407 g/mol. The van der Waals surface area contributed by atoms with Gasteiger partial charge in [-0.3, -0.25) is 9.59 Å². The number of halogens is 1. The summed E-state index contributed by atoms with van der Waals surface area (Å²) < 4.78 is 39.9. The van der Waals surface area contributed by atoms with Crippen LogP contribution in [0.15, 0.2) is 47.4 Å². The summed E-state index contributed by atoms with van der Waals surface area (Å²) in [5, 5.41) is 2.72. The molecule has 0 fully saturated rings. The maximum Gasteiger partial charge on any atom is 0.243 e. The lowest BCUT2D eigenvalue weighted by Crippen LogP contribution is -2.41. The molecule has 0 bridgehead atoms. The molecule has 2 amide bonds. The number of anilines is 1. The Morgan fingerprint density at radius 2 is 1.79 bits per heavy atom. The number of aryl methyl sites for hydroxylation is 2. The molecule has 0 unspecified atom stereocenters. The Balaban J connectivity index is 1.93. The highest BCUT2D eigenvalue weighted by Gasteiger charge is 2.21. The SMILES string of the molecule is Cc1ccc(C)c(NC(=O)CN(C)C(=O)CNS(=O)(=O)c2ccccc2F)c1. The van der Waals surface area contributed by atoms with Crippen molar-refractivity contribution in [2.75, 3.05) is 25.5 Å². The monoisotopic (exact) mass is 407 g/mol. The van der Waals surface area contributed by atoms with Crippen LogP contribution >= 0.6 is 0 Å². The van der Waals surface area contributed by atoms with Gasteiger partial charge < -0.3 is 10.2 Å². The number of nitrogens with one attached hydrogen (secondary N) is 2. The summed E-state index contributed by atoms with van der Waals surface area (Å²) in [5.41, 5.74) is 2.50. The first-order valence-electron chi connectivity index (χ1n) is 8.45. The Bertz CT molecular complexity index is 992. The lowest BCUT2D eigenvalue weighted by atomic mass is 10.1.